The van der Waals surface area contributed by atoms with Crippen molar-refractivity contribution in [3.63, 3.8) is 0 Å². The Morgan fingerprint density at radius 1 is 1.33 bits per heavy atom. The molecule has 1 aliphatic heterocycles. The predicted molar refractivity (Wildman–Crippen MR) is 70.4 cm³/mol. The molecule has 0 aliphatic carbocycles. The highest BCUT2D eigenvalue weighted by atomic mass is 16.3. The summed E-state index contributed by atoms with van der Waals surface area (Å²) in [6.07, 6.45) is 8.03. The van der Waals surface area contributed by atoms with Gasteiger partial charge in [0.2, 0.25) is 0 Å². The molecule has 0 bridgehead atoms. The molecule has 0 saturated carbocycles. The van der Waals surface area contributed by atoms with Crippen LogP contribution in [0.5, 0.6) is 0 Å². The fourth-order valence-corrected chi connectivity index (χ4v) is 2.63. The molecule has 4 heteroatoms. The summed E-state index contributed by atoms with van der Waals surface area (Å²) in [5.74, 6) is 0. The topological polar surface area (TPSA) is 49.6 Å². The molecule has 4 nitrogen and oxygen atoms in total. The second-order valence-electron chi connectivity index (χ2n) is 4.99. The van der Waals surface area contributed by atoms with Crippen molar-refractivity contribution in [1.82, 2.24) is 14.7 Å². The maximum atomic E-state index is 10.4. The molecular weight excluding hydrogens is 226 g/mol. The third-order valence-corrected chi connectivity index (χ3v) is 3.67. The molecule has 2 N–H and O–H groups in total. The van der Waals surface area contributed by atoms with E-state index in [9.17, 15) is 5.11 Å². The van der Waals surface area contributed by atoms with Crippen LogP contribution in [0.1, 0.15) is 37.5 Å². The molecule has 1 aliphatic rings. The third-order valence-electron chi connectivity index (χ3n) is 3.67. The van der Waals surface area contributed by atoms with Gasteiger partial charge in [-0.05, 0) is 31.5 Å². The number of hydrogen-bond acceptors (Lipinski definition) is 3. The number of nitrogens with zero attached hydrogens (tertiary/aromatic N) is 2. The van der Waals surface area contributed by atoms with Gasteiger partial charge in [-0.2, -0.15) is 0 Å². The van der Waals surface area contributed by atoms with Crippen LogP contribution in [0, 0.1) is 0 Å². The van der Waals surface area contributed by atoms with Crippen LogP contribution in [0.15, 0.2) is 30.6 Å². The Morgan fingerprint density at radius 3 is 3.17 bits per heavy atom. The minimum atomic E-state index is -0.511. The second-order valence-corrected chi connectivity index (χ2v) is 4.99. The van der Waals surface area contributed by atoms with E-state index >= 15 is 0 Å². The van der Waals surface area contributed by atoms with Gasteiger partial charge in [-0.25, -0.2) is 4.98 Å². The van der Waals surface area contributed by atoms with Gasteiger partial charge in [0.1, 0.15) is 11.8 Å². The van der Waals surface area contributed by atoms with Crippen LogP contribution >= 0.6 is 0 Å². The lowest BCUT2D eigenvalue weighted by Gasteiger charge is -2.20. The highest BCUT2D eigenvalue weighted by Crippen LogP contribution is 2.22. The van der Waals surface area contributed by atoms with E-state index in [1.807, 2.05) is 35.0 Å². The molecule has 2 aromatic rings. The molecule has 2 atom stereocenters. The van der Waals surface area contributed by atoms with Crippen molar-refractivity contribution in [2.45, 2.75) is 37.8 Å². The number of aliphatic hydroxyl groups is 1. The van der Waals surface area contributed by atoms with Crippen LogP contribution in [-0.2, 0) is 0 Å². The molecule has 0 aromatic carbocycles. The minimum absolute atomic E-state index is 0.136. The van der Waals surface area contributed by atoms with Gasteiger partial charge in [0.25, 0.3) is 0 Å². The van der Waals surface area contributed by atoms with Gasteiger partial charge in [-0.15, -0.1) is 0 Å². The quantitative estimate of drug-likeness (QED) is 0.849. The van der Waals surface area contributed by atoms with Crippen molar-refractivity contribution >= 4 is 5.65 Å². The van der Waals surface area contributed by atoms with E-state index in [4.69, 9.17) is 0 Å². The fourth-order valence-electron chi connectivity index (χ4n) is 2.63. The summed E-state index contributed by atoms with van der Waals surface area (Å²) in [4.78, 5) is 4.49. The Morgan fingerprint density at radius 2 is 2.28 bits per heavy atom. The molecule has 0 spiro atoms. The number of fused-ring (bicyclic) bond motifs is 1. The van der Waals surface area contributed by atoms with Crippen molar-refractivity contribution < 1.29 is 5.11 Å². The zero-order valence-corrected chi connectivity index (χ0v) is 10.4. The molecule has 0 radical (unpaired) electrons. The van der Waals surface area contributed by atoms with Gasteiger partial charge >= 0.3 is 0 Å². The number of rotatable bonds is 2. The van der Waals surface area contributed by atoms with E-state index in [1.54, 1.807) is 0 Å². The fraction of sp³-hybridized carbons (Fsp3) is 0.500. The van der Waals surface area contributed by atoms with Crippen LogP contribution < -0.4 is 5.32 Å². The molecule has 96 valence electrons. The summed E-state index contributed by atoms with van der Waals surface area (Å²) >= 11 is 0. The summed E-state index contributed by atoms with van der Waals surface area (Å²) in [6, 6.07) is 6.02. The number of hydrogen-bond donors (Lipinski definition) is 2. The van der Waals surface area contributed by atoms with Crippen molar-refractivity contribution in [2.24, 2.45) is 0 Å². The summed E-state index contributed by atoms with van der Waals surface area (Å²) in [5, 5.41) is 13.9. The Kier molecular flexibility index (Phi) is 3.30. The average Bonchev–Trinajstić information content (AvgIpc) is 2.64. The van der Waals surface area contributed by atoms with Gasteiger partial charge in [0, 0.05) is 18.4 Å². The number of pyridine rings is 1. The van der Waals surface area contributed by atoms with Crippen LogP contribution in [0.25, 0.3) is 5.65 Å². The Hall–Kier alpha value is -1.39. The van der Waals surface area contributed by atoms with Gasteiger partial charge in [-0.3, -0.25) is 0 Å². The van der Waals surface area contributed by atoms with Gasteiger partial charge in [0.05, 0.1) is 5.69 Å². The molecule has 18 heavy (non-hydrogen) atoms. The Bertz CT molecular complexity index is 481. The summed E-state index contributed by atoms with van der Waals surface area (Å²) in [7, 11) is 0. The van der Waals surface area contributed by atoms with Crippen LogP contribution in [0.4, 0.5) is 0 Å². The van der Waals surface area contributed by atoms with Crippen LogP contribution in [0.3, 0.4) is 0 Å². The maximum Gasteiger partial charge on any atom is 0.137 e. The molecule has 3 heterocycles. The number of imidazole rings is 1. The zero-order valence-electron chi connectivity index (χ0n) is 10.4. The molecule has 0 amide bonds. The molecule has 3 rings (SSSR count). The highest BCUT2D eigenvalue weighted by molar-refractivity contribution is 5.39. The first-order chi connectivity index (χ1) is 8.84. The van der Waals surface area contributed by atoms with Crippen LogP contribution in [-0.4, -0.2) is 27.1 Å². The molecule has 2 unspecified atom stereocenters. The Balaban J connectivity index is 1.83. The predicted octanol–water partition coefficient (Wildman–Crippen LogP) is 1.90. The minimum Gasteiger partial charge on any atom is -0.385 e. The Labute approximate surface area is 107 Å². The van der Waals surface area contributed by atoms with E-state index in [0.29, 0.717) is 0 Å². The van der Waals surface area contributed by atoms with Crippen molar-refractivity contribution in [3.8, 4) is 0 Å². The lowest BCUT2D eigenvalue weighted by molar-refractivity contribution is 0.122. The van der Waals surface area contributed by atoms with E-state index in [-0.39, 0.29) is 6.04 Å². The van der Waals surface area contributed by atoms with Gasteiger partial charge < -0.3 is 14.8 Å². The molecule has 1 fully saturated rings. The lowest BCUT2D eigenvalue weighted by atomic mass is 10.0. The maximum absolute atomic E-state index is 10.4. The first-order valence-electron chi connectivity index (χ1n) is 6.70. The normalized spacial score (nSPS) is 22.8. The van der Waals surface area contributed by atoms with Crippen molar-refractivity contribution in [3.05, 3.63) is 36.3 Å². The smallest absolute Gasteiger partial charge is 0.137 e. The van der Waals surface area contributed by atoms with E-state index in [0.717, 1.165) is 24.3 Å². The summed E-state index contributed by atoms with van der Waals surface area (Å²) in [6.45, 7) is 0.995. The first-order valence-corrected chi connectivity index (χ1v) is 6.70. The standard InChI is InChI=1S/C14H19N3O/c18-14(11-6-2-1-4-8-15-11)12-10-17-9-5-3-7-13(17)16-12/h3,5,7,9-11,14-15,18H,1-2,4,6,8H2. The lowest BCUT2D eigenvalue weighted by Crippen LogP contribution is -2.34. The molecular formula is C14H19N3O. The zero-order chi connectivity index (χ0) is 12.4. The first kappa shape index (κ1) is 11.7. The highest BCUT2D eigenvalue weighted by Gasteiger charge is 2.23. The average molecular weight is 245 g/mol. The largest absolute Gasteiger partial charge is 0.385 e. The second kappa shape index (κ2) is 5.08. The number of aliphatic hydroxyl groups excluding tert-OH is 1. The van der Waals surface area contributed by atoms with E-state index < -0.39 is 6.10 Å². The molecule has 1 saturated heterocycles. The van der Waals surface area contributed by atoms with Gasteiger partial charge in [-0.1, -0.05) is 18.9 Å². The van der Waals surface area contributed by atoms with Gasteiger partial charge in [0.15, 0.2) is 0 Å². The SMILES string of the molecule is OC(c1cn2ccccc2n1)C1CCCCCN1. The van der Waals surface area contributed by atoms with Crippen LogP contribution in [0.2, 0.25) is 0 Å². The summed E-state index contributed by atoms with van der Waals surface area (Å²) in [5.41, 5.74) is 1.65. The monoisotopic (exact) mass is 245 g/mol. The van der Waals surface area contributed by atoms with Crippen molar-refractivity contribution in [1.29, 1.82) is 0 Å². The third kappa shape index (κ3) is 2.26. The number of nitrogens with one attached hydrogen (secondary N) is 1. The van der Waals surface area contributed by atoms with Crippen molar-refractivity contribution in [2.75, 3.05) is 6.54 Å². The molecule has 2 aromatic heterocycles. The summed E-state index contributed by atoms with van der Waals surface area (Å²) < 4.78 is 1.95. The number of aromatic nitrogens is 2. The van der Waals surface area contributed by atoms with E-state index in [1.165, 1.54) is 19.3 Å². The van der Waals surface area contributed by atoms with E-state index in [2.05, 4.69) is 10.3 Å².